The predicted octanol–water partition coefficient (Wildman–Crippen LogP) is 17.4. The summed E-state index contributed by atoms with van der Waals surface area (Å²) in [7, 11) is 0. The fraction of sp³-hybridized carbons (Fsp3) is 0.290. The summed E-state index contributed by atoms with van der Waals surface area (Å²) in [6.07, 6.45) is 16.1. The Morgan fingerprint density at radius 3 is 1.90 bits per heavy atom. The van der Waals surface area contributed by atoms with Crippen LogP contribution in [0.25, 0.3) is 70.9 Å². The Morgan fingerprint density at radius 1 is 0.700 bits per heavy atom. The van der Waals surface area contributed by atoms with Gasteiger partial charge in [-0.1, -0.05) is 155 Å². The third kappa shape index (κ3) is 9.50. The van der Waals surface area contributed by atoms with Gasteiger partial charge in [-0.05, 0) is 110 Å². The molecule has 0 bridgehead atoms. The average molecular weight is 957 g/mol. The first-order valence-electron chi connectivity index (χ1n) is 25.4. The number of carboxylic acid groups (broad SMARTS) is 1. The van der Waals surface area contributed by atoms with Gasteiger partial charge >= 0.3 is 5.97 Å². The number of carboxylic acids is 1. The maximum Gasteiger partial charge on any atom is 0.346 e. The minimum absolute atomic E-state index is 0.268. The number of thiophene rings is 2. The number of unbranched alkanes of at least 4 members (excludes halogenated alkanes) is 6. The molecule has 2 aliphatic rings. The molecule has 1 saturated carbocycles. The molecule has 4 heterocycles. The monoisotopic (exact) mass is 956 g/mol. The van der Waals surface area contributed by atoms with Gasteiger partial charge in [-0.15, -0.1) is 22.7 Å². The van der Waals surface area contributed by atoms with Gasteiger partial charge in [0.25, 0.3) is 0 Å². The molecular formula is C62H60N4O2S2. The zero-order valence-corrected chi connectivity index (χ0v) is 42.1. The van der Waals surface area contributed by atoms with Crippen molar-refractivity contribution in [1.29, 1.82) is 5.26 Å². The van der Waals surface area contributed by atoms with E-state index < -0.39 is 5.97 Å². The number of benzene rings is 5. The summed E-state index contributed by atoms with van der Waals surface area (Å²) in [5.41, 5.74) is 16.1. The lowest BCUT2D eigenvalue weighted by molar-refractivity contribution is -0.132. The maximum absolute atomic E-state index is 12.2. The van der Waals surface area contributed by atoms with E-state index in [0.717, 1.165) is 105 Å². The zero-order chi connectivity index (χ0) is 48.1. The molecule has 70 heavy (non-hydrogen) atoms. The van der Waals surface area contributed by atoms with E-state index in [-0.39, 0.29) is 5.57 Å². The van der Waals surface area contributed by atoms with E-state index in [4.69, 9.17) is 9.97 Å². The van der Waals surface area contributed by atoms with Gasteiger partial charge in [0, 0.05) is 65.1 Å². The number of aromatic nitrogens is 2. The summed E-state index contributed by atoms with van der Waals surface area (Å²) >= 11 is 3.41. The molecule has 6 nitrogen and oxygen atoms in total. The number of anilines is 2. The first-order chi connectivity index (χ1) is 34.3. The molecule has 1 N–H and O–H groups in total. The molecule has 2 atom stereocenters. The second-order valence-electron chi connectivity index (χ2n) is 19.2. The number of fused-ring (bicyclic) bond motifs is 4. The molecule has 8 heteroatoms. The third-order valence-corrected chi connectivity index (χ3v) is 16.8. The van der Waals surface area contributed by atoms with E-state index in [0.29, 0.717) is 12.0 Å². The normalized spacial score (nSPS) is 15.3. The number of hydrogen-bond acceptors (Lipinski definition) is 7. The summed E-state index contributed by atoms with van der Waals surface area (Å²) in [6, 6.07) is 48.6. The van der Waals surface area contributed by atoms with Gasteiger partial charge in [0.15, 0.2) is 0 Å². The number of aliphatic carboxylic acids is 1. The molecule has 1 aliphatic carbocycles. The SMILES string of the molecule is CCCCCCc1cc(-c2ccc(-c3cc(CCCCCC)c(-c4ccc5c(c4)C4CCCC4N5c4ccc(C)cc4)s3)c3nc(-c4ccccc4)c(-c4ccccc4)nc23)sc1/C=C(/C#N)C(=O)O. The fourth-order valence-electron chi connectivity index (χ4n) is 10.8. The summed E-state index contributed by atoms with van der Waals surface area (Å²) in [6.45, 7) is 6.64. The van der Waals surface area contributed by atoms with E-state index in [9.17, 15) is 15.2 Å². The Balaban J connectivity index is 1.16. The Labute approximate surface area is 421 Å². The standard InChI is InChI=1S/C62H60N4O2S2/c1-4-6-8-12-23-43-36-55(69-54(43)38-46(39-63)62(67)68)49-32-33-50(60-59(49)64-57(41-19-14-10-15-20-41)58(65-60)42-21-16-11-17-22-42)56-37-44(24-13-9-7-5-2)61(70-56)45-29-34-53-51(35-45)48-25-18-26-52(48)66(53)47-30-27-40(3)28-31-47/h10-11,14-17,19-22,27-38,48,52H,4-9,12-13,18,23-26H2,1-3H3,(H,67,68)/b46-38-. The number of hydrogen-bond donors (Lipinski definition) is 1. The molecule has 1 aliphatic heterocycles. The zero-order valence-electron chi connectivity index (χ0n) is 40.5. The molecule has 10 rings (SSSR count). The maximum atomic E-state index is 12.2. The molecule has 3 aromatic heterocycles. The number of carbonyl (C=O) groups is 1. The highest BCUT2D eigenvalue weighted by Crippen LogP contribution is 2.54. The van der Waals surface area contributed by atoms with E-state index in [1.165, 1.54) is 93.2 Å². The Kier molecular flexibility index (Phi) is 14.2. The molecule has 0 spiro atoms. The molecule has 0 amide bonds. The van der Waals surface area contributed by atoms with Crippen LogP contribution in [0.5, 0.6) is 0 Å². The van der Waals surface area contributed by atoms with E-state index >= 15 is 0 Å². The molecule has 0 saturated heterocycles. The van der Waals surface area contributed by atoms with Crippen molar-refractivity contribution < 1.29 is 9.90 Å². The average Bonchev–Trinajstić information content (AvgIpc) is 4.20. The highest BCUT2D eigenvalue weighted by molar-refractivity contribution is 7.19. The Bertz CT molecular complexity index is 3230. The van der Waals surface area contributed by atoms with Crippen molar-refractivity contribution in [2.45, 2.75) is 116 Å². The van der Waals surface area contributed by atoms with Crippen molar-refractivity contribution >= 4 is 57.1 Å². The van der Waals surface area contributed by atoms with Crippen molar-refractivity contribution in [3.8, 4) is 59.9 Å². The lowest BCUT2D eigenvalue weighted by atomic mass is 9.94. The predicted molar refractivity (Wildman–Crippen MR) is 293 cm³/mol. The second kappa shape index (κ2) is 21.1. The van der Waals surface area contributed by atoms with Crippen LogP contribution in [0.15, 0.2) is 133 Å². The smallest absolute Gasteiger partial charge is 0.346 e. The van der Waals surface area contributed by atoms with Gasteiger partial charge < -0.3 is 10.0 Å². The van der Waals surface area contributed by atoms with Crippen molar-refractivity contribution in [2.75, 3.05) is 4.90 Å². The number of rotatable bonds is 18. The van der Waals surface area contributed by atoms with Crippen LogP contribution in [0.3, 0.4) is 0 Å². The van der Waals surface area contributed by atoms with Gasteiger partial charge in [-0.3, -0.25) is 0 Å². The van der Waals surface area contributed by atoms with Crippen molar-refractivity contribution in [3.05, 3.63) is 160 Å². The first-order valence-corrected chi connectivity index (χ1v) is 27.0. The lowest BCUT2D eigenvalue weighted by Crippen LogP contribution is -2.26. The van der Waals surface area contributed by atoms with Crippen LogP contribution in [-0.2, 0) is 17.6 Å². The van der Waals surface area contributed by atoms with Crippen LogP contribution in [0.4, 0.5) is 11.4 Å². The molecule has 5 aromatic carbocycles. The van der Waals surface area contributed by atoms with E-state index in [1.807, 2.05) is 41.7 Å². The molecule has 2 unspecified atom stereocenters. The minimum Gasteiger partial charge on any atom is -0.477 e. The van der Waals surface area contributed by atoms with Gasteiger partial charge in [0.1, 0.15) is 11.6 Å². The highest BCUT2D eigenvalue weighted by Gasteiger charge is 2.42. The quantitative estimate of drug-likeness (QED) is 0.0523. The topological polar surface area (TPSA) is 90.1 Å². The number of aryl methyl sites for hydroxylation is 3. The minimum atomic E-state index is -1.22. The lowest BCUT2D eigenvalue weighted by Gasteiger charge is -2.27. The summed E-state index contributed by atoms with van der Waals surface area (Å²) in [5.74, 6) is -0.700. The molecular weight excluding hydrogens is 897 g/mol. The summed E-state index contributed by atoms with van der Waals surface area (Å²) in [4.78, 5) is 30.4. The number of nitriles is 1. The van der Waals surface area contributed by atoms with Crippen LogP contribution in [-0.4, -0.2) is 27.1 Å². The van der Waals surface area contributed by atoms with Crippen LogP contribution in [0, 0.1) is 18.3 Å². The van der Waals surface area contributed by atoms with Crippen molar-refractivity contribution in [1.82, 2.24) is 9.97 Å². The number of nitrogens with zero attached hydrogens (tertiary/aromatic N) is 4. The summed E-state index contributed by atoms with van der Waals surface area (Å²) < 4.78 is 0. The van der Waals surface area contributed by atoms with Gasteiger partial charge in [0.05, 0.1) is 22.4 Å². The van der Waals surface area contributed by atoms with E-state index in [2.05, 4.69) is 129 Å². The van der Waals surface area contributed by atoms with Crippen LogP contribution in [0.1, 0.15) is 118 Å². The first kappa shape index (κ1) is 47.0. The molecule has 1 fully saturated rings. The summed E-state index contributed by atoms with van der Waals surface area (Å²) in [5, 5.41) is 19.8. The van der Waals surface area contributed by atoms with Crippen molar-refractivity contribution in [2.24, 2.45) is 0 Å². The molecule has 352 valence electrons. The molecule has 0 radical (unpaired) electrons. The van der Waals surface area contributed by atoms with Gasteiger partial charge in [-0.25, -0.2) is 14.8 Å². The van der Waals surface area contributed by atoms with Crippen molar-refractivity contribution in [3.63, 3.8) is 0 Å². The fourth-order valence-corrected chi connectivity index (χ4v) is 13.2. The second-order valence-corrected chi connectivity index (χ2v) is 21.3. The Hall–Kier alpha value is -6.66. The van der Waals surface area contributed by atoms with Crippen LogP contribution >= 0.6 is 22.7 Å². The third-order valence-electron chi connectivity index (χ3n) is 14.4. The molecule has 8 aromatic rings. The largest absolute Gasteiger partial charge is 0.477 e. The van der Waals surface area contributed by atoms with E-state index in [1.54, 1.807) is 6.08 Å². The Morgan fingerprint density at radius 2 is 1.30 bits per heavy atom. The van der Waals surface area contributed by atoms with Gasteiger partial charge in [0.2, 0.25) is 0 Å². The van der Waals surface area contributed by atoms with Crippen LogP contribution in [0.2, 0.25) is 0 Å². The highest BCUT2D eigenvalue weighted by atomic mass is 32.1. The van der Waals surface area contributed by atoms with Crippen LogP contribution < -0.4 is 4.90 Å². The van der Waals surface area contributed by atoms with Gasteiger partial charge in [-0.2, -0.15) is 5.26 Å².